The largest absolute Gasteiger partial charge is 0.455 e. The van der Waals surface area contributed by atoms with E-state index in [9.17, 15) is 0 Å². The Morgan fingerprint density at radius 1 is 0.500 bits per heavy atom. The van der Waals surface area contributed by atoms with Gasteiger partial charge in [-0.15, -0.1) is 11.3 Å². The molecule has 8 aromatic carbocycles. The molecule has 0 aliphatic heterocycles. The summed E-state index contributed by atoms with van der Waals surface area (Å²) in [6.45, 7) is 4.72. The highest BCUT2D eigenvalue weighted by Crippen LogP contribution is 2.52. The summed E-state index contributed by atoms with van der Waals surface area (Å²) in [5.74, 6) is 0. The minimum Gasteiger partial charge on any atom is -0.455 e. The lowest BCUT2D eigenvalue weighted by Gasteiger charge is -2.27. The molecule has 2 nitrogen and oxygen atoms in total. The third-order valence-corrected chi connectivity index (χ3v) is 12.3. The fourth-order valence-corrected chi connectivity index (χ4v) is 9.95. The molecule has 0 N–H and O–H groups in total. The molecule has 0 saturated carbocycles. The van der Waals surface area contributed by atoms with Crippen LogP contribution in [0.25, 0.3) is 75.1 Å². The second kappa shape index (κ2) is 10.9. The fraction of sp³-hybridized carbons (Fsp3) is 0.0612. The first-order chi connectivity index (χ1) is 25.5. The average Bonchev–Trinajstić information content (AvgIpc) is 3.82. The Bertz CT molecular complexity index is 3040. The third kappa shape index (κ3) is 4.23. The molecule has 10 aromatic rings. The summed E-state index contributed by atoms with van der Waals surface area (Å²) >= 11 is 1.83. The molecule has 1 aliphatic rings. The van der Waals surface area contributed by atoms with Crippen molar-refractivity contribution in [3.8, 4) is 22.3 Å². The summed E-state index contributed by atoms with van der Waals surface area (Å²) in [7, 11) is 0. The van der Waals surface area contributed by atoms with Crippen LogP contribution in [-0.2, 0) is 5.41 Å². The van der Waals surface area contributed by atoms with Crippen LogP contribution >= 0.6 is 11.3 Å². The Kier molecular flexibility index (Phi) is 6.21. The smallest absolute Gasteiger partial charge is 0.144 e. The maximum atomic E-state index is 6.66. The normalized spacial score (nSPS) is 13.3. The standard InChI is InChI=1S/C49H33NOS/c1-49(2)42-18-9-8-15-37(42)38-17-10-16-36(47(38)49)30-19-21-34(22-20-30)50(33-13-4-3-5-14-33)35-23-24-40-45(29-35)52-44-26-25-39-41-27-31-11-6-7-12-32(31)28-43(41)51-48(39)46(40)44/h3-29H,1-2H3. The number of hydrogen-bond donors (Lipinski definition) is 0. The average molecular weight is 684 g/mol. The molecule has 0 spiro atoms. The third-order valence-electron chi connectivity index (χ3n) is 11.2. The van der Waals surface area contributed by atoms with Crippen LogP contribution in [0.2, 0.25) is 0 Å². The van der Waals surface area contributed by atoms with Gasteiger partial charge in [-0.2, -0.15) is 0 Å². The highest BCUT2D eigenvalue weighted by molar-refractivity contribution is 7.26. The second-order valence-corrected chi connectivity index (χ2v) is 15.6. The Labute approximate surface area is 305 Å². The Balaban J connectivity index is 1.03. The van der Waals surface area contributed by atoms with Crippen molar-refractivity contribution in [2.45, 2.75) is 19.3 Å². The lowest BCUT2D eigenvalue weighted by molar-refractivity contribution is 0.662. The van der Waals surface area contributed by atoms with E-state index < -0.39 is 0 Å². The summed E-state index contributed by atoms with van der Waals surface area (Å²) in [5.41, 5.74) is 13.2. The van der Waals surface area contributed by atoms with E-state index in [1.54, 1.807) is 0 Å². The number of benzene rings is 8. The minimum absolute atomic E-state index is 0.0705. The molecular formula is C49H33NOS. The van der Waals surface area contributed by atoms with E-state index in [2.05, 4.69) is 183 Å². The van der Waals surface area contributed by atoms with Crippen molar-refractivity contribution in [2.24, 2.45) is 0 Å². The van der Waals surface area contributed by atoms with Crippen LogP contribution < -0.4 is 4.90 Å². The van der Waals surface area contributed by atoms with Gasteiger partial charge in [0.25, 0.3) is 0 Å². The first-order valence-corrected chi connectivity index (χ1v) is 18.7. The molecular weight excluding hydrogens is 651 g/mol. The van der Waals surface area contributed by atoms with Gasteiger partial charge in [0.2, 0.25) is 0 Å². The van der Waals surface area contributed by atoms with Crippen molar-refractivity contribution in [3.63, 3.8) is 0 Å². The zero-order chi connectivity index (χ0) is 34.6. The number of para-hydroxylation sites is 1. The van der Waals surface area contributed by atoms with Gasteiger partial charge in [0.1, 0.15) is 11.2 Å². The molecule has 0 amide bonds. The number of thiophene rings is 1. The van der Waals surface area contributed by atoms with Gasteiger partial charge in [-0.05, 0) is 105 Å². The van der Waals surface area contributed by atoms with Crippen LogP contribution in [0.1, 0.15) is 25.0 Å². The highest BCUT2D eigenvalue weighted by atomic mass is 32.1. The molecule has 3 heteroatoms. The lowest BCUT2D eigenvalue weighted by atomic mass is 9.79. The van der Waals surface area contributed by atoms with E-state index >= 15 is 0 Å². The summed E-state index contributed by atoms with van der Waals surface area (Å²) in [6.07, 6.45) is 0. The molecule has 52 heavy (non-hydrogen) atoms. The molecule has 0 atom stereocenters. The maximum absolute atomic E-state index is 6.66. The van der Waals surface area contributed by atoms with Crippen molar-refractivity contribution in [3.05, 3.63) is 175 Å². The molecule has 246 valence electrons. The van der Waals surface area contributed by atoms with Gasteiger partial charge in [-0.3, -0.25) is 0 Å². The Morgan fingerprint density at radius 3 is 2.02 bits per heavy atom. The van der Waals surface area contributed by atoms with Crippen LogP contribution in [-0.4, -0.2) is 0 Å². The molecule has 0 radical (unpaired) electrons. The van der Waals surface area contributed by atoms with Crippen molar-refractivity contribution in [1.82, 2.24) is 0 Å². The predicted octanol–water partition coefficient (Wildman–Crippen LogP) is 14.6. The molecule has 0 bridgehead atoms. The monoisotopic (exact) mass is 683 g/mol. The van der Waals surface area contributed by atoms with Crippen LogP contribution in [0, 0.1) is 0 Å². The Hall–Kier alpha value is -6.16. The van der Waals surface area contributed by atoms with Crippen molar-refractivity contribution < 1.29 is 4.42 Å². The van der Waals surface area contributed by atoms with Gasteiger partial charge >= 0.3 is 0 Å². The van der Waals surface area contributed by atoms with E-state index in [0.29, 0.717) is 0 Å². The van der Waals surface area contributed by atoms with E-state index in [-0.39, 0.29) is 5.41 Å². The van der Waals surface area contributed by atoms with E-state index in [1.165, 1.54) is 75.1 Å². The molecule has 2 heterocycles. The van der Waals surface area contributed by atoms with Crippen LogP contribution in [0.4, 0.5) is 17.1 Å². The number of fused-ring (bicyclic) bond motifs is 11. The zero-order valence-corrected chi connectivity index (χ0v) is 29.7. The number of rotatable bonds is 4. The number of nitrogens with zero attached hydrogens (tertiary/aromatic N) is 1. The van der Waals surface area contributed by atoms with Gasteiger partial charge < -0.3 is 9.32 Å². The van der Waals surface area contributed by atoms with Gasteiger partial charge in [0, 0.05) is 53.4 Å². The quantitative estimate of drug-likeness (QED) is 0.184. The van der Waals surface area contributed by atoms with E-state index in [1.807, 2.05) is 11.3 Å². The van der Waals surface area contributed by atoms with E-state index in [0.717, 1.165) is 28.2 Å². The molecule has 1 aliphatic carbocycles. The molecule has 11 rings (SSSR count). The summed E-state index contributed by atoms with van der Waals surface area (Å²) < 4.78 is 9.14. The van der Waals surface area contributed by atoms with Gasteiger partial charge in [-0.1, -0.05) is 117 Å². The zero-order valence-electron chi connectivity index (χ0n) is 28.9. The maximum Gasteiger partial charge on any atom is 0.144 e. The summed E-state index contributed by atoms with van der Waals surface area (Å²) in [5, 5.41) is 7.18. The number of hydrogen-bond acceptors (Lipinski definition) is 3. The first kappa shape index (κ1) is 29.6. The predicted molar refractivity (Wildman–Crippen MR) is 222 cm³/mol. The molecule has 0 fully saturated rings. The second-order valence-electron chi connectivity index (χ2n) is 14.5. The first-order valence-electron chi connectivity index (χ1n) is 17.9. The van der Waals surface area contributed by atoms with Gasteiger partial charge in [0.05, 0.1) is 0 Å². The van der Waals surface area contributed by atoms with Gasteiger partial charge in [0.15, 0.2) is 0 Å². The van der Waals surface area contributed by atoms with E-state index in [4.69, 9.17) is 4.42 Å². The number of furan rings is 1. The summed E-state index contributed by atoms with van der Waals surface area (Å²) in [6, 6.07) is 59.8. The molecule has 0 unspecified atom stereocenters. The highest BCUT2D eigenvalue weighted by Gasteiger charge is 2.37. The molecule has 2 aromatic heterocycles. The SMILES string of the molecule is CC1(C)c2ccccc2-c2cccc(-c3ccc(N(c4ccccc4)c4ccc5c(c4)sc4ccc6c7cc8ccccc8cc7oc6c45)cc3)c21. The van der Waals surface area contributed by atoms with Crippen LogP contribution in [0.5, 0.6) is 0 Å². The lowest BCUT2D eigenvalue weighted by Crippen LogP contribution is -2.16. The minimum atomic E-state index is -0.0705. The fourth-order valence-electron chi connectivity index (χ4n) is 8.81. The molecule has 0 saturated heterocycles. The summed E-state index contributed by atoms with van der Waals surface area (Å²) in [4.78, 5) is 2.37. The van der Waals surface area contributed by atoms with Gasteiger partial charge in [-0.25, -0.2) is 0 Å². The van der Waals surface area contributed by atoms with Crippen molar-refractivity contribution in [2.75, 3.05) is 4.90 Å². The topological polar surface area (TPSA) is 16.4 Å². The number of anilines is 3. The van der Waals surface area contributed by atoms with Crippen LogP contribution in [0.3, 0.4) is 0 Å². The van der Waals surface area contributed by atoms with Crippen molar-refractivity contribution >= 4 is 81.3 Å². The Morgan fingerprint density at radius 2 is 1.17 bits per heavy atom. The van der Waals surface area contributed by atoms with Crippen molar-refractivity contribution in [1.29, 1.82) is 0 Å². The van der Waals surface area contributed by atoms with Crippen LogP contribution in [0.15, 0.2) is 168 Å².